The van der Waals surface area contributed by atoms with Crippen LogP contribution in [0, 0.1) is 0 Å². The van der Waals surface area contributed by atoms with E-state index in [1.807, 2.05) is 6.08 Å². The molecular formula is C17H41NO5Si4. The molecule has 0 aromatic rings. The van der Waals surface area contributed by atoms with E-state index in [0.717, 1.165) is 18.9 Å². The number of nitrogens with one attached hydrogen (secondary N) is 1. The van der Waals surface area contributed by atoms with Crippen molar-refractivity contribution in [2.75, 3.05) is 6.61 Å². The molecule has 0 aromatic carbocycles. The van der Waals surface area contributed by atoms with E-state index in [2.05, 4.69) is 64.2 Å². The Kier molecular flexibility index (Phi) is 11.0. The average molecular weight is 452 g/mol. The Hall–Kier alpha value is -0.242. The quantitative estimate of drug-likeness (QED) is 0.312. The molecule has 0 aliphatic carbocycles. The first-order valence-electron chi connectivity index (χ1n) is 9.76. The Balaban J connectivity index is 5.10. The Bertz CT molecular complexity index is 440. The Morgan fingerprint density at radius 1 is 0.852 bits per heavy atom. The molecular weight excluding hydrogens is 411 g/mol. The largest absolute Gasteiger partial charge is 0.469 e. The van der Waals surface area contributed by atoms with E-state index < -0.39 is 39.8 Å². The van der Waals surface area contributed by atoms with E-state index in [4.69, 9.17) is 17.1 Å². The van der Waals surface area contributed by atoms with Gasteiger partial charge in [0.05, 0.1) is 6.61 Å². The van der Waals surface area contributed by atoms with Gasteiger partial charge in [0, 0.05) is 12.2 Å². The Morgan fingerprint density at radius 3 is 1.67 bits per heavy atom. The average Bonchev–Trinajstić information content (AvgIpc) is 2.36. The van der Waals surface area contributed by atoms with E-state index in [1.165, 1.54) is 0 Å². The lowest BCUT2D eigenvalue weighted by Gasteiger charge is -2.42. The lowest BCUT2D eigenvalue weighted by molar-refractivity contribution is 0.156. The van der Waals surface area contributed by atoms with Crippen molar-refractivity contribution in [1.82, 2.24) is 5.32 Å². The molecule has 0 aliphatic rings. The summed E-state index contributed by atoms with van der Waals surface area (Å²) in [6.07, 6.45) is 4.86. The Morgan fingerprint density at radius 2 is 1.30 bits per heavy atom. The van der Waals surface area contributed by atoms with Crippen LogP contribution in [0.25, 0.3) is 0 Å². The van der Waals surface area contributed by atoms with Crippen molar-refractivity contribution in [3.8, 4) is 0 Å². The van der Waals surface area contributed by atoms with Crippen LogP contribution in [-0.2, 0) is 17.1 Å². The van der Waals surface area contributed by atoms with E-state index in [9.17, 15) is 4.79 Å². The van der Waals surface area contributed by atoms with Crippen LogP contribution < -0.4 is 5.32 Å². The summed E-state index contributed by atoms with van der Waals surface area (Å²) in [5.41, 5.74) is 0. The van der Waals surface area contributed by atoms with Crippen LogP contribution in [0.4, 0.5) is 4.79 Å². The fourth-order valence-electron chi connectivity index (χ4n) is 2.43. The molecule has 160 valence electrons. The minimum atomic E-state index is -2.76. The van der Waals surface area contributed by atoms with E-state index in [-0.39, 0.29) is 0 Å². The molecule has 0 aliphatic heterocycles. The summed E-state index contributed by atoms with van der Waals surface area (Å²) in [5, 5.41) is 2.59. The van der Waals surface area contributed by atoms with Gasteiger partial charge in [-0.25, -0.2) is 4.79 Å². The van der Waals surface area contributed by atoms with Crippen LogP contribution >= 0.6 is 0 Å². The number of amides is 1. The lowest BCUT2D eigenvalue weighted by Crippen LogP contribution is -2.60. The third-order valence-corrected chi connectivity index (χ3v) is 14.9. The van der Waals surface area contributed by atoms with Gasteiger partial charge in [0.1, 0.15) is 0 Å². The zero-order valence-corrected chi connectivity index (χ0v) is 23.0. The SMILES string of the molecule is CCOC(=O)NC=CCCC[Si](O[Si](C)(C)C)(O[Si](C)(C)C)O[Si](C)(C)C. The zero-order valence-electron chi connectivity index (χ0n) is 19.0. The van der Waals surface area contributed by atoms with Gasteiger partial charge >= 0.3 is 14.9 Å². The fraction of sp³-hybridized carbons (Fsp3) is 0.824. The van der Waals surface area contributed by atoms with Gasteiger partial charge in [-0.3, -0.25) is 5.32 Å². The van der Waals surface area contributed by atoms with Gasteiger partial charge in [-0.1, -0.05) is 6.08 Å². The zero-order chi connectivity index (χ0) is 21.4. The number of carbonyl (C=O) groups excluding carboxylic acids is 1. The predicted molar refractivity (Wildman–Crippen MR) is 122 cm³/mol. The van der Waals surface area contributed by atoms with Crippen LogP contribution in [0.2, 0.25) is 65.0 Å². The second-order valence-electron chi connectivity index (χ2n) is 9.49. The maximum atomic E-state index is 11.3. The van der Waals surface area contributed by atoms with Crippen LogP contribution in [0.15, 0.2) is 12.3 Å². The molecule has 27 heavy (non-hydrogen) atoms. The molecule has 10 heteroatoms. The van der Waals surface area contributed by atoms with E-state index in [0.29, 0.717) is 6.61 Å². The Labute approximate surface area is 170 Å². The van der Waals surface area contributed by atoms with E-state index >= 15 is 0 Å². The third-order valence-electron chi connectivity index (χ3n) is 2.83. The number of hydrogen-bond donors (Lipinski definition) is 1. The molecule has 0 unspecified atom stereocenters. The molecule has 0 heterocycles. The van der Waals surface area contributed by atoms with Gasteiger partial charge in [-0.2, -0.15) is 0 Å². The van der Waals surface area contributed by atoms with Crippen molar-refractivity contribution in [1.29, 1.82) is 0 Å². The third kappa shape index (κ3) is 15.4. The van der Waals surface area contributed by atoms with Crippen molar-refractivity contribution in [3.63, 3.8) is 0 Å². The van der Waals surface area contributed by atoms with Gasteiger partial charge in [0.15, 0.2) is 25.0 Å². The number of rotatable bonds is 12. The first kappa shape index (κ1) is 26.8. The number of unbranched alkanes of at least 4 members (excludes halogenated alkanes) is 1. The van der Waals surface area contributed by atoms with Crippen LogP contribution in [-0.4, -0.2) is 46.5 Å². The molecule has 6 nitrogen and oxygen atoms in total. The summed E-state index contributed by atoms with van der Waals surface area (Å²) in [6.45, 7) is 21.9. The number of hydrogen-bond acceptors (Lipinski definition) is 5. The van der Waals surface area contributed by atoms with Gasteiger partial charge in [0.25, 0.3) is 0 Å². The highest BCUT2D eigenvalue weighted by molar-refractivity contribution is 6.90. The summed E-state index contributed by atoms with van der Waals surface area (Å²) in [6, 6.07) is 0.801. The second-order valence-corrected chi connectivity index (χ2v) is 26.5. The number of ether oxygens (including phenoxy) is 1. The smallest absolute Gasteiger partial charge is 0.450 e. The van der Waals surface area contributed by atoms with Crippen molar-refractivity contribution < 1.29 is 21.9 Å². The van der Waals surface area contributed by atoms with Crippen molar-refractivity contribution in [3.05, 3.63) is 12.3 Å². The second kappa shape index (κ2) is 11.1. The number of allylic oxidation sites excluding steroid dienone is 1. The van der Waals surface area contributed by atoms with Crippen LogP contribution in [0.3, 0.4) is 0 Å². The fourth-order valence-corrected chi connectivity index (χ4v) is 17.1. The van der Waals surface area contributed by atoms with Gasteiger partial charge < -0.3 is 17.1 Å². The highest BCUT2D eigenvalue weighted by atomic mass is 28.5. The topological polar surface area (TPSA) is 66.0 Å². The summed E-state index contributed by atoms with van der Waals surface area (Å²) < 4.78 is 24.8. The summed E-state index contributed by atoms with van der Waals surface area (Å²) in [7, 11) is -8.24. The summed E-state index contributed by atoms with van der Waals surface area (Å²) in [4.78, 5) is 11.3. The monoisotopic (exact) mass is 451 g/mol. The molecule has 1 N–H and O–H groups in total. The molecule has 0 radical (unpaired) electrons. The minimum Gasteiger partial charge on any atom is -0.450 e. The summed E-state index contributed by atoms with van der Waals surface area (Å²) >= 11 is 0. The van der Waals surface area contributed by atoms with Gasteiger partial charge in [0.2, 0.25) is 0 Å². The van der Waals surface area contributed by atoms with Gasteiger partial charge in [-0.15, -0.1) is 0 Å². The molecule has 0 atom stereocenters. The maximum absolute atomic E-state index is 11.3. The van der Waals surface area contributed by atoms with Crippen LogP contribution in [0.1, 0.15) is 19.8 Å². The molecule has 0 spiro atoms. The maximum Gasteiger partial charge on any atom is 0.469 e. The standard InChI is InChI=1S/C17H41NO5Si4/c1-11-20-17(19)18-15-13-12-14-16-27(21-24(2,3)4,22-25(5,6)7)23-26(8,9)10/h13,15H,11-12,14,16H2,1-10H3,(H,18,19). The van der Waals surface area contributed by atoms with Crippen molar-refractivity contribution in [2.24, 2.45) is 0 Å². The number of carbonyl (C=O) groups is 1. The van der Waals surface area contributed by atoms with Gasteiger partial charge in [-0.05, 0) is 78.7 Å². The first-order chi connectivity index (χ1) is 12.1. The molecule has 0 saturated heterocycles. The first-order valence-corrected chi connectivity index (χ1v) is 21.9. The van der Waals surface area contributed by atoms with Crippen LogP contribution in [0.5, 0.6) is 0 Å². The highest BCUT2D eigenvalue weighted by Crippen LogP contribution is 2.30. The van der Waals surface area contributed by atoms with Crippen molar-refractivity contribution in [2.45, 2.75) is 84.7 Å². The molecule has 0 fully saturated rings. The molecule has 0 rings (SSSR count). The van der Waals surface area contributed by atoms with E-state index in [1.54, 1.807) is 13.1 Å². The number of alkyl carbamates (subject to hydrolysis) is 1. The molecule has 0 saturated carbocycles. The normalized spacial score (nSPS) is 13.9. The molecule has 0 bridgehead atoms. The minimum absolute atomic E-state index is 0.365. The molecule has 0 aromatic heterocycles. The molecule has 1 amide bonds. The summed E-state index contributed by atoms with van der Waals surface area (Å²) in [5.74, 6) is 0. The lowest BCUT2D eigenvalue weighted by atomic mass is 10.3. The van der Waals surface area contributed by atoms with Crippen molar-refractivity contribution >= 4 is 39.8 Å². The highest BCUT2D eigenvalue weighted by Gasteiger charge is 2.49. The predicted octanol–water partition coefficient (Wildman–Crippen LogP) is 5.52.